The van der Waals surface area contributed by atoms with Crippen LogP contribution in [0.5, 0.6) is 5.75 Å². The quantitative estimate of drug-likeness (QED) is 0.926. The molecule has 0 radical (unpaired) electrons. The predicted octanol–water partition coefficient (Wildman–Crippen LogP) is 2.64. The summed E-state index contributed by atoms with van der Waals surface area (Å²) in [5.74, 6) is 0.651. The second-order valence-corrected chi connectivity index (χ2v) is 5.50. The number of carbonyl (C=O) groups excluding carboxylic acids is 1. The van der Waals surface area contributed by atoms with Crippen molar-refractivity contribution in [1.29, 1.82) is 0 Å². The maximum absolute atomic E-state index is 12.1. The third-order valence-corrected chi connectivity index (χ3v) is 3.59. The van der Waals surface area contributed by atoms with Gasteiger partial charge in [-0.25, -0.2) is 0 Å². The van der Waals surface area contributed by atoms with E-state index in [0.29, 0.717) is 18.7 Å². The summed E-state index contributed by atoms with van der Waals surface area (Å²) in [4.78, 5) is 16.0. The van der Waals surface area contributed by atoms with Crippen LogP contribution in [0.15, 0.2) is 41.1 Å². The molecule has 5 nitrogen and oxygen atoms in total. The van der Waals surface area contributed by atoms with Crippen LogP contribution in [0, 0.1) is 0 Å². The minimum atomic E-state index is -0.141. The van der Waals surface area contributed by atoms with Crippen LogP contribution < -0.4 is 10.1 Å². The second kappa shape index (κ2) is 6.24. The average molecular weight is 349 g/mol. The van der Waals surface area contributed by atoms with E-state index in [1.807, 2.05) is 12.1 Å². The maximum atomic E-state index is 12.1. The van der Waals surface area contributed by atoms with Crippen LogP contribution >= 0.6 is 15.9 Å². The number of pyridine rings is 1. The number of benzene rings is 1. The normalized spacial score (nSPS) is 13.2. The molecular weight excluding hydrogens is 336 g/mol. The molecule has 0 unspecified atom stereocenters. The van der Waals surface area contributed by atoms with E-state index in [0.717, 1.165) is 21.3 Å². The third-order valence-electron chi connectivity index (χ3n) is 3.13. The van der Waals surface area contributed by atoms with Gasteiger partial charge in [0.2, 0.25) is 0 Å². The van der Waals surface area contributed by atoms with Gasteiger partial charge < -0.3 is 14.8 Å². The van der Waals surface area contributed by atoms with Crippen molar-refractivity contribution in [2.75, 3.05) is 6.79 Å². The molecule has 108 valence electrons. The number of nitrogens with one attached hydrogen (secondary N) is 1. The lowest BCUT2D eigenvalue weighted by atomic mass is 10.1. The highest BCUT2D eigenvalue weighted by Gasteiger charge is 2.17. The fourth-order valence-electron chi connectivity index (χ4n) is 2.17. The molecule has 2 aromatic rings. The zero-order chi connectivity index (χ0) is 14.7. The number of amides is 1. The van der Waals surface area contributed by atoms with Crippen LogP contribution in [0.3, 0.4) is 0 Å². The Balaban J connectivity index is 1.76. The van der Waals surface area contributed by atoms with Crippen LogP contribution in [0.25, 0.3) is 0 Å². The Hall–Kier alpha value is -1.92. The van der Waals surface area contributed by atoms with Crippen LogP contribution in [0.2, 0.25) is 0 Å². The van der Waals surface area contributed by atoms with E-state index in [1.165, 1.54) is 0 Å². The number of hydrogen-bond donors (Lipinski definition) is 1. The number of ether oxygens (including phenoxy) is 2. The van der Waals surface area contributed by atoms with Crippen LogP contribution in [-0.2, 0) is 17.9 Å². The number of carbonyl (C=O) groups is 1. The lowest BCUT2D eigenvalue weighted by Gasteiger charge is -2.21. The molecule has 0 bridgehead atoms. The van der Waals surface area contributed by atoms with E-state index < -0.39 is 0 Å². The van der Waals surface area contributed by atoms with Gasteiger partial charge in [-0.3, -0.25) is 9.78 Å². The first-order valence-corrected chi connectivity index (χ1v) is 7.23. The fourth-order valence-corrected chi connectivity index (χ4v) is 2.72. The monoisotopic (exact) mass is 348 g/mol. The van der Waals surface area contributed by atoms with Gasteiger partial charge in [-0.1, -0.05) is 15.9 Å². The molecule has 21 heavy (non-hydrogen) atoms. The molecule has 0 fully saturated rings. The molecule has 0 saturated heterocycles. The van der Waals surface area contributed by atoms with Crippen molar-refractivity contribution in [3.8, 4) is 5.75 Å². The SMILES string of the molecule is O=C(NCc1cc(Br)cc2c1OCOC2)c1ccncc1. The number of halogens is 1. The third kappa shape index (κ3) is 3.22. The van der Waals surface area contributed by atoms with Gasteiger partial charge in [0.05, 0.1) is 6.61 Å². The second-order valence-electron chi connectivity index (χ2n) is 4.58. The minimum absolute atomic E-state index is 0.141. The van der Waals surface area contributed by atoms with Crippen molar-refractivity contribution >= 4 is 21.8 Å². The molecule has 3 rings (SSSR count). The molecule has 0 saturated carbocycles. The van der Waals surface area contributed by atoms with Gasteiger partial charge in [0.25, 0.3) is 5.91 Å². The molecule has 0 spiro atoms. The van der Waals surface area contributed by atoms with Crippen molar-refractivity contribution in [3.63, 3.8) is 0 Å². The topological polar surface area (TPSA) is 60.5 Å². The van der Waals surface area contributed by atoms with Crippen LogP contribution in [0.4, 0.5) is 0 Å². The molecule has 1 amide bonds. The predicted molar refractivity (Wildman–Crippen MR) is 79.8 cm³/mol. The number of hydrogen-bond acceptors (Lipinski definition) is 4. The van der Waals surface area contributed by atoms with Crippen molar-refractivity contribution in [2.24, 2.45) is 0 Å². The van der Waals surface area contributed by atoms with Gasteiger partial charge >= 0.3 is 0 Å². The minimum Gasteiger partial charge on any atom is -0.467 e. The molecule has 1 aliphatic heterocycles. The molecule has 2 heterocycles. The van der Waals surface area contributed by atoms with Crippen molar-refractivity contribution < 1.29 is 14.3 Å². The number of aromatic nitrogens is 1. The Morgan fingerprint density at radius 1 is 1.33 bits per heavy atom. The highest BCUT2D eigenvalue weighted by molar-refractivity contribution is 9.10. The van der Waals surface area contributed by atoms with E-state index in [-0.39, 0.29) is 12.7 Å². The molecule has 0 atom stereocenters. The van der Waals surface area contributed by atoms with Crippen molar-refractivity contribution in [1.82, 2.24) is 10.3 Å². The van der Waals surface area contributed by atoms with Gasteiger partial charge in [-0.15, -0.1) is 0 Å². The summed E-state index contributed by atoms with van der Waals surface area (Å²) in [6.45, 7) is 1.14. The smallest absolute Gasteiger partial charge is 0.251 e. The van der Waals surface area contributed by atoms with Gasteiger partial charge in [-0.05, 0) is 24.3 Å². The average Bonchev–Trinajstić information content (AvgIpc) is 2.53. The van der Waals surface area contributed by atoms with Crippen molar-refractivity contribution in [3.05, 3.63) is 57.8 Å². The summed E-state index contributed by atoms with van der Waals surface area (Å²) in [6.07, 6.45) is 3.19. The van der Waals surface area contributed by atoms with Crippen LogP contribution in [0.1, 0.15) is 21.5 Å². The summed E-state index contributed by atoms with van der Waals surface area (Å²) >= 11 is 3.46. The van der Waals surface area contributed by atoms with Gasteiger partial charge in [0.1, 0.15) is 5.75 Å². The lowest BCUT2D eigenvalue weighted by molar-refractivity contribution is -0.0171. The van der Waals surface area contributed by atoms with Crippen molar-refractivity contribution in [2.45, 2.75) is 13.2 Å². The summed E-state index contributed by atoms with van der Waals surface area (Å²) in [5, 5.41) is 2.88. The van der Waals surface area contributed by atoms with E-state index in [1.54, 1.807) is 24.5 Å². The molecule has 6 heteroatoms. The van der Waals surface area contributed by atoms with Gasteiger partial charge in [0, 0.05) is 40.1 Å². The molecule has 1 aromatic carbocycles. The van der Waals surface area contributed by atoms with Gasteiger partial charge in [0.15, 0.2) is 6.79 Å². The Labute approximate surface area is 130 Å². The zero-order valence-corrected chi connectivity index (χ0v) is 12.7. The molecular formula is C15H13BrN2O3. The van der Waals surface area contributed by atoms with E-state index >= 15 is 0 Å². The highest BCUT2D eigenvalue weighted by atomic mass is 79.9. The largest absolute Gasteiger partial charge is 0.467 e. The fraction of sp³-hybridized carbons (Fsp3) is 0.200. The first-order chi connectivity index (χ1) is 10.2. The summed E-state index contributed by atoms with van der Waals surface area (Å²) < 4.78 is 11.7. The molecule has 1 aromatic heterocycles. The van der Waals surface area contributed by atoms with E-state index in [4.69, 9.17) is 9.47 Å². The summed E-state index contributed by atoms with van der Waals surface area (Å²) in [6, 6.07) is 7.26. The Kier molecular flexibility index (Phi) is 4.17. The Morgan fingerprint density at radius 2 is 2.14 bits per heavy atom. The molecule has 1 aliphatic rings. The first kappa shape index (κ1) is 14.0. The number of rotatable bonds is 3. The lowest BCUT2D eigenvalue weighted by Crippen LogP contribution is -2.24. The maximum Gasteiger partial charge on any atom is 0.251 e. The number of nitrogens with zero attached hydrogens (tertiary/aromatic N) is 1. The molecule has 0 aliphatic carbocycles. The number of fused-ring (bicyclic) bond motifs is 1. The first-order valence-electron chi connectivity index (χ1n) is 6.44. The van der Waals surface area contributed by atoms with E-state index in [9.17, 15) is 4.79 Å². The zero-order valence-electron chi connectivity index (χ0n) is 11.1. The molecule has 1 N–H and O–H groups in total. The standard InChI is InChI=1S/C15H13BrN2O3/c16-13-5-11(14-12(6-13)8-20-9-21-14)7-18-15(19)10-1-3-17-4-2-10/h1-6H,7-9H2,(H,18,19). The Morgan fingerprint density at radius 3 is 2.95 bits per heavy atom. The summed E-state index contributed by atoms with van der Waals surface area (Å²) in [7, 11) is 0. The highest BCUT2D eigenvalue weighted by Crippen LogP contribution is 2.31. The Bertz CT molecular complexity index is 661. The van der Waals surface area contributed by atoms with E-state index in [2.05, 4.69) is 26.2 Å². The van der Waals surface area contributed by atoms with Gasteiger partial charge in [-0.2, -0.15) is 0 Å². The van der Waals surface area contributed by atoms with Crippen LogP contribution in [-0.4, -0.2) is 17.7 Å². The summed E-state index contributed by atoms with van der Waals surface area (Å²) in [5.41, 5.74) is 2.48.